The molecule has 8 nitrogen and oxygen atoms in total. The van der Waals surface area contributed by atoms with Crippen LogP contribution in [0.3, 0.4) is 0 Å². The zero-order valence-electron chi connectivity index (χ0n) is 15.2. The number of hydrogen-bond acceptors (Lipinski definition) is 6. The number of nitrogens with one attached hydrogen (secondary N) is 2. The van der Waals surface area contributed by atoms with E-state index in [-0.39, 0.29) is 6.04 Å². The summed E-state index contributed by atoms with van der Waals surface area (Å²) in [6, 6.07) is 10.1. The lowest BCUT2D eigenvalue weighted by atomic mass is 9.92. The van der Waals surface area contributed by atoms with Crippen molar-refractivity contribution in [3.05, 3.63) is 36.5 Å². The van der Waals surface area contributed by atoms with Crippen LogP contribution in [0.15, 0.2) is 36.5 Å². The second-order valence-electron chi connectivity index (χ2n) is 7.04. The molecule has 1 aromatic carbocycles. The minimum Gasteiger partial charge on any atom is -0.351 e. The fraction of sp³-hybridized carbons (Fsp3) is 0.389. The van der Waals surface area contributed by atoms with Crippen LogP contribution in [0.5, 0.6) is 0 Å². The van der Waals surface area contributed by atoms with Crippen molar-refractivity contribution in [3.8, 4) is 5.82 Å². The van der Waals surface area contributed by atoms with E-state index in [1.54, 1.807) is 17.1 Å². The Bertz CT molecular complexity index is 1040. The van der Waals surface area contributed by atoms with E-state index in [1.807, 2.05) is 30.3 Å². The van der Waals surface area contributed by atoms with Gasteiger partial charge in [0.25, 0.3) is 0 Å². The summed E-state index contributed by atoms with van der Waals surface area (Å²) in [5, 5.41) is 11.8. The molecule has 27 heavy (non-hydrogen) atoms. The van der Waals surface area contributed by atoms with Crippen LogP contribution in [0.1, 0.15) is 25.7 Å². The van der Waals surface area contributed by atoms with E-state index < -0.39 is 9.71 Å². The third-order valence-corrected chi connectivity index (χ3v) is 5.52. The number of para-hydroxylation sites is 1. The Balaban J connectivity index is 1.45. The summed E-state index contributed by atoms with van der Waals surface area (Å²) in [4.78, 5) is 8.95. The molecular formula is C18H23N7OS. The largest absolute Gasteiger partial charge is 0.351 e. The fourth-order valence-electron chi connectivity index (χ4n) is 3.47. The average Bonchev–Trinajstić information content (AvgIpc) is 3.07. The molecule has 1 aliphatic rings. The van der Waals surface area contributed by atoms with Crippen molar-refractivity contribution < 1.29 is 4.21 Å². The smallest absolute Gasteiger partial charge is 0.224 e. The molecular weight excluding hydrogens is 362 g/mol. The van der Waals surface area contributed by atoms with Gasteiger partial charge < -0.3 is 5.32 Å². The lowest BCUT2D eigenvalue weighted by Crippen LogP contribution is -2.39. The maximum Gasteiger partial charge on any atom is 0.224 e. The predicted octanol–water partition coefficient (Wildman–Crippen LogP) is 1.78. The number of fused-ring (bicyclic) bond motifs is 1. The third-order valence-electron chi connectivity index (χ3n) is 4.69. The van der Waals surface area contributed by atoms with Crippen LogP contribution >= 0.6 is 0 Å². The van der Waals surface area contributed by atoms with Gasteiger partial charge in [0, 0.05) is 40.3 Å². The zero-order chi connectivity index (χ0) is 18.9. The minimum atomic E-state index is -2.16. The summed E-state index contributed by atoms with van der Waals surface area (Å²) in [5.41, 5.74) is 1.74. The van der Waals surface area contributed by atoms with Gasteiger partial charge in [-0.2, -0.15) is 9.67 Å². The molecule has 0 bridgehead atoms. The Morgan fingerprint density at radius 3 is 2.67 bits per heavy atom. The molecule has 1 atom stereocenters. The van der Waals surface area contributed by atoms with Crippen LogP contribution in [0.2, 0.25) is 0 Å². The number of rotatable bonds is 5. The molecule has 1 unspecified atom stereocenters. The van der Waals surface area contributed by atoms with Gasteiger partial charge in [-0.15, -0.1) is 5.10 Å². The predicted molar refractivity (Wildman–Crippen MR) is 108 cm³/mol. The summed E-state index contributed by atoms with van der Waals surface area (Å²) in [5.74, 6) is 4.94. The van der Waals surface area contributed by atoms with Crippen molar-refractivity contribution in [1.82, 2.24) is 29.7 Å². The van der Waals surface area contributed by atoms with Crippen LogP contribution in [0.4, 0.5) is 5.95 Å². The highest BCUT2D eigenvalue weighted by atomic mass is 32.2. The Morgan fingerprint density at radius 2 is 1.89 bits per heavy atom. The number of anilines is 1. The Kier molecular flexibility index (Phi) is 4.79. The zero-order valence-corrected chi connectivity index (χ0v) is 16.0. The second kappa shape index (κ2) is 7.24. The van der Waals surface area contributed by atoms with Crippen LogP contribution in [0.25, 0.3) is 16.9 Å². The molecule has 4 rings (SSSR count). The second-order valence-corrected chi connectivity index (χ2v) is 9.29. The van der Waals surface area contributed by atoms with Crippen molar-refractivity contribution in [1.29, 1.82) is 0 Å². The van der Waals surface area contributed by atoms with Gasteiger partial charge in [0.1, 0.15) is 5.52 Å². The molecule has 9 heteroatoms. The van der Waals surface area contributed by atoms with E-state index in [9.17, 15) is 4.21 Å². The molecule has 0 spiro atoms. The van der Waals surface area contributed by atoms with E-state index in [0.717, 1.165) is 36.7 Å². The van der Waals surface area contributed by atoms with Crippen molar-refractivity contribution >= 4 is 32.6 Å². The molecule has 1 fully saturated rings. The molecule has 2 heterocycles. The monoisotopic (exact) mass is 385 g/mol. The first-order valence-electron chi connectivity index (χ1n) is 8.98. The van der Waals surface area contributed by atoms with Gasteiger partial charge in [-0.3, -0.25) is 4.21 Å². The summed E-state index contributed by atoms with van der Waals surface area (Å²) in [6.07, 6.45) is 7.20. The van der Waals surface area contributed by atoms with E-state index in [4.69, 9.17) is 0 Å². The molecule has 3 aromatic rings. The first-order valence-corrected chi connectivity index (χ1v) is 11.1. The Hall–Kier alpha value is -2.52. The highest BCUT2D eigenvalue weighted by Crippen LogP contribution is 2.22. The van der Waals surface area contributed by atoms with Gasteiger partial charge >= 0.3 is 0 Å². The highest BCUT2D eigenvalue weighted by Gasteiger charge is 2.22. The summed E-state index contributed by atoms with van der Waals surface area (Å²) in [6.45, 7) is 0. The Labute approximate surface area is 158 Å². The van der Waals surface area contributed by atoms with E-state index in [0.29, 0.717) is 17.8 Å². The van der Waals surface area contributed by atoms with Crippen LogP contribution in [-0.4, -0.2) is 53.4 Å². The molecule has 2 aromatic heterocycles. The molecule has 0 amide bonds. The van der Waals surface area contributed by atoms with Gasteiger partial charge in [0.05, 0.1) is 5.52 Å². The van der Waals surface area contributed by atoms with Gasteiger partial charge in [-0.1, -0.05) is 17.3 Å². The SMILES string of the molecule is C=S(C)(=O)NC1CCC(Nc2nccc(-n3nnc4ccccc43)n2)CC1. The summed E-state index contributed by atoms with van der Waals surface area (Å²) >= 11 is 0. The van der Waals surface area contributed by atoms with E-state index in [2.05, 4.69) is 36.2 Å². The maximum atomic E-state index is 11.8. The first-order chi connectivity index (χ1) is 13.0. The standard InChI is InChI=1S/C18H23N7OS/c1-27(2,26)23-14-9-7-13(8-10-14)20-18-19-12-11-17(21-18)25-16-6-4-3-5-15(16)22-24-25/h3-6,11-14H,1,7-10H2,2H3,(H,23,26)(H,19,20,21). The Morgan fingerprint density at radius 1 is 1.15 bits per heavy atom. The normalized spacial score (nSPS) is 22.4. The minimum absolute atomic E-state index is 0.256. The van der Waals surface area contributed by atoms with E-state index >= 15 is 0 Å². The maximum absolute atomic E-state index is 11.8. The molecule has 142 valence electrons. The number of hydrogen-bond donors (Lipinski definition) is 2. The van der Waals surface area contributed by atoms with Crippen molar-refractivity contribution in [2.75, 3.05) is 11.6 Å². The summed E-state index contributed by atoms with van der Waals surface area (Å²) in [7, 11) is -2.16. The topological polar surface area (TPSA) is 97.6 Å². The van der Waals surface area contributed by atoms with Gasteiger partial charge in [-0.25, -0.2) is 9.71 Å². The number of benzene rings is 1. The van der Waals surface area contributed by atoms with Crippen molar-refractivity contribution in [2.24, 2.45) is 0 Å². The number of aromatic nitrogens is 5. The van der Waals surface area contributed by atoms with Crippen LogP contribution < -0.4 is 10.0 Å². The molecule has 0 radical (unpaired) electrons. The molecule has 0 aliphatic heterocycles. The van der Waals surface area contributed by atoms with Crippen LogP contribution in [-0.2, 0) is 9.71 Å². The van der Waals surface area contributed by atoms with Gasteiger partial charge in [0.15, 0.2) is 5.82 Å². The quantitative estimate of drug-likeness (QED) is 0.650. The molecule has 0 saturated heterocycles. The first kappa shape index (κ1) is 17.9. The lowest BCUT2D eigenvalue weighted by molar-refractivity contribution is 0.391. The highest BCUT2D eigenvalue weighted by molar-refractivity contribution is 7.97. The van der Waals surface area contributed by atoms with Crippen LogP contribution in [0, 0.1) is 0 Å². The van der Waals surface area contributed by atoms with E-state index in [1.165, 1.54) is 0 Å². The average molecular weight is 385 g/mol. The fourth-order valence-corrected chi connectivity index (χ4v) is 4.41. The molecule has 2 N–H and O–H groups in total. The van der Waals surface area contributed by atoms with Crippen molar-refractivity contribution in [2.45, 2.75) is 37.8 Å². The molecule has 1 saturated carbocycles. The molecule has 1 aliphatic carbocycles. The third kappa shape index (κ3) is 4.25. The van der Waals surface area contributed by atoms with Gasteiger partial charge in [-0.05, 0) is 43.7 Å². The number of nitrogens with zero attached hydrogens (tertiary/aromatic N) is 5. The van der Waals surface area contributed by atoms with Gasteiger partial charge in [0.2, 0.25) is 5.95 Å². The summed E-state index contributed by atoms with van der Waals surface area (Å²) < 4.78 is 16.6. The lowest BCUT2D eigenvalue weighted by Gasteiger charge is -2.30. The van der Waals surface area contributed by atoms with Crippen molar-refractivity contribution in [3.63, 3.8) is 0 Å².